The first-order chi connectivity index (χ1) is 8.62. The zero-order valence-corrected chi connectivity index (χ0v) is 12.4. The van der Waals surface area contributed by atoms with Crippen LogP contribution in [0, 0.1) is 18.3 Å². The normalized spacial score (nSPS) is 13.1. The summed E-state index contributed by atoms with van der Waals surface area (Å²) in [7, 11) is 0. The number of hydrogen-bond donors (Lipinski definition) is 3. The molecule has 1 unspecified atom stereocenters. The Balaban J connectivity index is 2.89. The molecule has 0 radical (unpaired) electrons. The first-order valence-corrected chi connectivity index (χ1v) is 6.50. The number of hydrogen-bond acceptors (Lipinski definition) is 3. The molecule has 0 aromatic heterocycles. The maximum Gasteiger partial charge on any atom is 0.337 e. The van der Waals surface area contributed by atoms with Gasteiger partial charge in [0.1, 0.15) is 0 Å². The lowest BCUT2D eigenvalue weighted by Gasteiger charge is -2.28. The van der Waals surface area contributed by atoms with Gasteiger partial charge in [0.2, 0.25) is 0 Å². The lowest BCUT2D eigenvalue weighted by Crippen LogP contribution is -2.25. The highest BCUT2D eigenvalue weighted by atomic mass is 16.4. The summed E-state index contributed by atoms with van der Waals surface area (Å²) in [6, 6.07) is 3.48. The summed E-state index contributed by atoms with van der Waals surface area (Å²) in [5.74, 6) is -0.522. The Kier molecular flexibility index (Phi) is 4.45. The predicted molar refractivity (Wildman–Crippen MR) is 79.7 cm³/mol. The minimum atomic E-state index is -0.992. The van der Waals surface area contributed by atoms with E-state index < -0.39 is 5.97 Å². The number of nitrogens with two attached hydrogens (primary N) is 1. The number of carbonyl (C=O) groups is 1. The summed E-state index contributed by atoms with van der Waals surface area (Å²) in [5, 5.41) is 12.4. The molecule has 0 heterocycles. The Morgan fingerprint density at radius 2 is 2.00 bits per heavy atom. The van der Waals surface area contributed by atoms with Crippen LogP contribution < -0.4 is 11.1 Å². The molecule has 4 N–H and O–H groups in total. The monoisotopic (exact) mass is 264 g/mol. The Hall–Kier alpha value is -1.71. The number of benzene rings is 1. The van der Waals surface area contributed by atoms with Crippen molar-refractivity contribution in [3.8, 4) is 0 Å². The largest absolute Gasteiger partial charge is 0.478 e. The zero-order valence-electron chi connectivity index (χ0n) is 12.4. The van der Waals surface area contributed by atoms with Crippen molar-refractivity contribution in [3.63, 3.8) is 0 Å². The van der Waals surface area contributed by atoms with E-state index in [0.717, 1.165) is 17.8 Å². The van der Waals surface area contributed by atoms with Crippen LogP contribution in [0.4, 0.5) is 11.4 Å². The lowest BCUT2D eigenvalue weighted by molar-refractivity contribution is 0.0698. The van der Waals surface area contributed by atoms with Crippen LogP contribution in [0.15, 0.2) is 12.1 Å². The number of rotatable bonds is 4. The maximum atomic E-state index is 11.1. The van der Waals surface area contributed by atoms with Crippen LogP contribution in [-0.4, -0.2) is 17.6 Å². The van der Waals surface area contributed by atoms with Gasteiger partial charge in [0.05, 0.1) is 5.56 Å². The summed E-state index contributed by atoms with van der Waals surface area (Å²) in [6.45, 7) is 11.4. The van der Waals surface area contributed by atoms with Crippen molar-refractivity contribution in [3.05, 3.63) is 23.3 Å². The molecule has 1 aromatic rings. The van der Waals surface area contributed by atoms with Gasteiger partial charge in [-0.2, -0.15) is 0 Å². The Morgan fingerprint density at radius 1 is 1.42 bits per heavy atom. The first-order valence-electron chi connectivity index (χ1n) is 6.50. The van der Waals surface area contributed by atoms with Crippen LogP contribution in [0.25, 0.3) is 0 Å². The molecule has 106 valence electrons. The van der Waals surface area contributed by atoms with Gasteiger partial charge in [0.15, 0.2) is 0 Å². The number of aryl methyl sites for hydroxylation is 1. The summed E-state index contributed by atoms with van der Waals surface area (Å²) in [6.07, 6.45) is 0. The second-order valence-electron chi connectivity index (χ2n) is 6.21. The minimum Gasteiger partial charge on any atom is -0.478 e. The second kappa shape index (κ2) is 5.51. The first kappa shape index (κ1) is 15.3. The fourth-order valence-corrected chi connectivity index (χ4v) is 1.65. The third kappa shape index (κ3) is 3.88. The third-order valence-electron chi connectivity index (χ3n) is 3.71. The molecule has 0 aliphatic rings. The van der Waals surface area contributed by atoms with Gasteiger partial charge in [0.25, 0.3) is 0 Å². The van der Waals surface area contributed by atoms with Crippen LogP contribution in [-0.2, 0) is 0 Å². The van der Waals surface area contributed by atoms with Gasteiger partial charge in [0, 0.05) is 17.9 Å². The van der Waals surface area contributed by atoms with Crippen molar-refractivity contribution in [1.82, 2.24) is 0 Å². The smallest absolute Gasteiger partial charge is 0.337 e. The second-order valence-corrected chi connectivity index (χ2v) is 6.21. The summed E-state index contributed by atoms with van der Waals surface area (Å²) in [4.78, 5) is 11.1. The molecular formula is C15H24N2O2. The third-order valence-corrected chi connectivity index (χ3v) is 3.71. The van der Waals surface area contributed by atoms with Crippen molar-refractivity contribution in [2.45, 2.75) is 34.6 Å². The number of nitrogens with one attached hydrogen (secondary N) is 1. The number of nitrogen functional groups attached to an aromatic ring is 1. The number of carboxylic acids is 1. The topological polar surface area (TPSA) is 75.3 Å². The molecule has 0 fully saturated rings. The molecule has 0 saturated carbocycles. The van der Waals surface area contributed by atoms with E-state index in [1.165, 1.54) is 0 Å². The van der Waals surface area contributed by atoms with Crippen molar-refractivity contribution >= 4 is 17.3 Å². The molecule has 4 nitrogen and oxygen atoms in total. The molecule has 1 rings (SSSR count). The van der Waals surface area contributed by atoms with Gasteiger partial charge in [-0.05, 0) is 36.0 Å². The van der Waals surface area contributed by atoms with E-state index in [1.807, 2.05) is 13.0 Å². The molecule has 0 saturated heterocycles. The van der Waals surface area contributed by atoms with Crippen molar-refractivity contribution in [2.24, 2.45) is 11.3 Å². The van der Waals surface area contributed by atoms with Crippen molar-refractivity contribution in [2.75, 3.05) is 17.6 Å². The molecule has 0 aliphatic heterocycles. The van der Waals surface area contributed by atoms with Gasteiger partial charge >= 0.3 is 5.97 Å². The Morgan fingerprint density at radius 3 is 2.47 bits per heavy atom. The summed E-state index contributed by atoms with van der Waals surface area (Å²) < 4.78 is 0. The maximum absolute atomic E-state index is 11.1. The Labute approximate surface area is 115 Å². The predicted octanol–water partition coefficient (Wildman–Crippen LogP) is 3.37. The SMILES string of the molecule is Cc1cc(NCC(C)C(C)(C)C)cc(C(=O)O)c1N. The van der Waals surface area contributed by atoms with E-state index in [4.69, 9.17) is 10.8 Å². The summed E-state index contributed by atoms with van der Waals surface area (Å²) >= 11 is 0. The molecule has 0 aliphatic carbocycles. The standard InChI is InChI=1S/C15H24N2O2/c1-9-6-11(7-12(13(9)16)14(18)19)17-8-10(2)15(3,4)5/h6-7,10,17H,8,16H2,1-5H3,(H,18,19). The average Bonchev–Trinajstić information content (AvgIpc) is 2.28. The minimum absolute atomic E-state index is 0.158. The van der Waals surface area contributed by atoms with Crippen LogP contribution >= 0.6 is 0 Å². The van der Waals surface area contributed by atoms with E-state index in [1.54, 1.807) is 6.07 Å². The van der Waals surface area contributed by atoms with Crippen LogP contribution in [0.5, 0.6) is 0 Å². The molecule has 1 aromatic carbocycles. The van der Waals surface area contributed by atoms with Gasteiger partial charge in [-0.15, -0.1) is 0 Å². The molecule has 4 heteroatoms. The molecule has 19 heavy (non-hydrogen) atoms. The van der Waals surface area contributed by atoms with Crippen molar-refractivity contribution in [1.29, 1.82) is 0 Å². The van der Waals surface area contributed by atoms with Crippen LogP contribution in [0.2, 0.25) is 0 Å². The highest BCUT2D eigenvalue weighted by Crippen LogP contribution is 2.27. The molecular weight excluding hydrogens is 240 g/mol. The highest BCUT2D eigenvalue weighted by molar-refractivity contribution is 5.95. The van der Waals surface area contributed by atoms with E-state index in [2.05, 4.69) is 33.0 Å². The van der Waals surface area contributed by atoms with Gasteiger partial charge < -0.3 is 16.2 Å². The fourth-order valence-electron chi connectivity index (χ4n) is 1.65. The molecule has 1 atom stereocenters. The number of carboxylic acid groups (broad SMARTS) is 1. The fraction of sp³-hybridized carbons (Fsp3) is 0.533. The lowest BCUT2D eigenvalue weighted by atomic mass is 9.82. The van der Waals surface area contributed by atoms with Gasteiger partial charge in [-0.1, -0.05) is 27.7 Å². The molecule has 0 amide bonds. The van der Waals surface area contributed by atoms with Crippen molar-refractivity contribution < 1.29 is 9.90 Å². The number of aromatic carboxylic acids is 1. The van der Waals surface area contributed by atoms with E-state index in [-0.39, 0.29) is 11.0 Å². The highest BCUT2D eigenvalue weighted by Gasteiger charge is 2.20. The van der Waals surface area contributed by atoms with Crippen LogP contribution in [0.3, 0.4) is 0 Å². The summed E-state index contributed by atoms with van der Waals surface area (Å²) in [5.41, 5.74) is 8.07. The molecule has 0 spiro atoms. The zero-order chi connectivity index (χ0) is 14.8. The van der Waals surface area contributed by atoms with E-state index in [9.17, 15) is 4.79 Å². The Bertz CT molecular complexity index is 476. The quantitative estimate of drug-likeness (QED) is 0.729. The van der Waals surface area contributed by atoms with E-state index in [0.29, 0.717) is 11.6 Å². The number of anilines is 2. The van der Waals surface area contributed by atoms with Gasteiger partial charge in [-0.3, -0.25) is 0 Å². The average molecular weight is 264 g/mol. The molecule has 0 bridgehead atoms. The van der Waals surface area contributed by atoms with Gasteiger partial charge in [-0.25, -0.2) is 4.79 Å². The van der Waals surface area contributed by atoms with Crippen LogP contribution in [0.1, 0.15) is 43.6 Å². The van der Waals surface area contributed by atoms with E-state index >= 15 is 0 Å².